The Morgan fingerprint density at radius 3 is 2.78 bits per heavy atom. The number of nitrogens with zero attached hydrogens (tertiary/aromatic N) is 2. The number of benzene rings is 2. The van der Waals surface area contributed by atoms with Crippen molar-refractivity contribution < 1.29 is 24.1 Å². The average molecular weight is 452 g/mol. The molecule has 9 heteroatoms. The highest BCUT2D eigenvalue weighted by atomic mass is 32.1. The first kappa shape index (κ1) is 20.3. The Balaban J connectivity index is 1.79. The van der Waals surface area contributed by atoms with Crippen LogP contribution in [0.15, 0.2) is 52.3 Å². The third-order valence-electron chi connectivity index (χ3n) is 5.87. The molecule has 0 saturated heterocycles. The van der Waals surface area contributed by atoms with Crippen molar-refractivity contribution >= 4 is 23.4 Å². The van der Waals surface area contributed by atoms with Gasteiger partial charge in [-0.1, -0.05) is 41.7 Å². The molecule has 1 aromatic heterocycles. The molecule has 0 spiro atoms. The van der Waals surface area contributed by atoms with Crippen LogP contribution in [0.1, 0.15) is 24.1 Å². The molecule has 2 bridgehead atoms. The molecule has 1 N–H and O–H groups in total. The summed E-state index contributed by atoms with van der Waals surface area (Å²) in [6.45, 7) is 1.72. The molecule has 2 aliphatic heterocycles. The number of methoxy groups -OCH3 is 2. The van der Waals surface area contributed by atoms with E-state index in [1.165, 1.54) is 30.1 Å². The summed E-state index contributed by atoms with van der Waals surface area (Å²) in [6.07, 6.45) is 1.60. The van der Waals surface area contributed by atoms with E-state index in [0.717, 1.165) is 0 Å². The zero-order valence-electron chi connectivity index (χ0n) is 17.6. The molecule has 32 heavy (non-hydrogen) atoms. The van der Waals surface area contributed by atoms with Crippen molar-refractivity contribution in [1.82, 2.24) is 4.57 Å². The summed E-state index contributed by atoms with van der Waals surface area (Å²) in [6, 6.07) is 11.7. The van der Waals surface area contributed by atoms with Gasteiger partial charge in [-0.25, -0.2) is 4.99 Å². The number of hydrogen-bond donors (Lipinski definition) is 1. The third kappa shape index (κ3) is 2.85. The van der Waals surface area contributed by atoms with Gasteiger partial charge in [0.1, 0.15) is 11.7 Å². The molecule has 3 heterocycles. The highest BCUT2D eigenvalue weighted by molar-refractivity contribution is 7.07. The molecule has 3 unspecified atom stereocenters. The molecular formula is C23H20N2O6S. The molecule has 3 atom stereocenters. The van der Waals surface area contributed by atoms with Crippen LogP contribution in [0, 0.1) is 5.92 Å². The van der Waals surface area contributed by atoms with Crippen LogP contribution in [0.3, 0.4) is 0 Å². The van der Waals surface area contributed by atoms with Gasteiger partial charge in [0, 0.05) is 11.1 Å². The number of thiazole rings is 1. The van der Waals surface area contributed by atoms with Gasteiger partial charge in [0.05, 0.1) is 24.8 Å². The molecule has 0 aliphatic carbocycles. The maximum atomic E-state index is 13.5. The van der Waals surface area contributed by atoms with Crippen LogP contribution < -0.4 is 24.4 Å². The molecule has 3 aromatic rings. The van der Waals surface area contributed by atoms with Gasteiger partial charge in [0.2, 0.25) is 5.72 Å². The molecule has 0 radical (unpaired) electrons. The fourth-order valence-electron chi connectivity index (χ4n) is 4.39. The largest absolute Gasteiger partial charge is 0.504 e. The Kier molecular flexibility index (Phi) is 4.59. The van der Waals surface area contributed by atoms with Crippen molar-refractivity contribution in [3.8, 4) is 17.2 Å². The van der Waals surface area contributed by atoms with Crippen LogP contribution in [0.5, 0.6) is 17.2 Å². The number of phenolic OH excluding ortho intramolecular Hbond substituents is 1. The predicted molar refractivity (Wildman–Crippen MR) is 117 cm³/mol. The standard InChI is InChI=1S/C23H20N2O6S/c1-23-17(21(28)30-3)18(13-8-4-5-9-14(13)31-23)25-20(27)16(32-22(25)24-23)11-12-7-6-10-15(29-2)19(12)26/h4-11,17-18,26H,1-3H3. The summed E-state index contributed by atoms with van der Waals surface area (Å²) in [5.41, 5.74) is -0.379. The second-order valence-corrected chi connectivity index (χ2v) is 8.73. The zero-order valence-corrected chi connectivity index (χ0v) is 18.4. The topological polar surface area (TPSA) is 99.4 Å². The van der Waals surface area contributed by atoms with Crippen LogP contribution >= 0.6 is 11.3 Å². The van der Waals surface area contributed by atoms with Crippen molar-refractivity contribution in [1.29, 1.82) is 0 Å². The van der Waals surface area contributed by atoms with Crippen LogP contribution in [0.2, 0.25) is 0 Å². The van der Waals surface area contributed by atoms with E-state index in [1.54, 1.807) is 37.3 Å². The number of esters is 1. The summed E-state index contributed by atoms with van der Waals surface area (Å²) in [4.78, 5) is 31.4. The number of fused-ring (bicyclic) bond motifs is 6. The minimum atomic E-state index is -1.22. The summed E-state index contributed by atoms with van der Waals surface area (Å²) < 4.78 is 18.3. The predicted octanol–water partition coefficient (Wildman–Crippen LogP) is 1.57. The van der Waals surface area contributed by atoms with E-state index in [0.29, 0.717) is 32.0 Å². The molecule has 2 aliphatic rings. The van der Waals surface area contributed by atoms with Gasteiger partial charge in [-0.2, -0.15) is 0 Å². The molecule has 2 aromatic carbocycles. The average Bonchev–Trinajstić information content (AvgIpc) is 3.07. The summed E-state index contributed by atoms with van der Waals surface area (Å²) >= 11 is 1.17. The van der Waals surface area contributed by atoms with Gasteiger partial charge in [0.25, 0.3) is 5.56 Å². The molecule has 8 nitrogen and oxygen atoms in total. The molecule has 5 rings (SSSR count). The molecule has 164 valence electrons. The van der Waals surface area contributed by atoms with Crippen LogP contribution in [0.4, 0.5) is 0 Å². The smallest absolute Gasteiger partial charge is 0.317 e. The minimum absolute atomic E-state index is 0.0606. The lowest BCUT2D eigenvalue weighted by Gasteiger charge is -2.44. The Labute approximate surface area is 186 Å². The lowest BCUT2D eigenvalue weighted by atomic mass is 9.81. The van der Waals surface area contributed by atoms with Crippen molar-refractivity contribution in [2.45, 2.75) is 18.7 Å². The number of phenols is 1. The minimum Gasteiger partial charge on any atom is -0.504 e. The van der Waals surface area contributed by atoms with E-state index in [4.69, 9.17) is 14.2 Å². The van der Waals surface area contributed by atoms with E-state index < -0.39 is 23.7 Å². The van der Waals surface area contributed by atoms with Gasteiger partial charge < -0.3 is 19.3 Å². The molecule has 0 fully saturated rings. The number of para-hydroxylation sites is 2. The highest BCUT2D eigenvalue weighted by Gasteiger charge is 2.55. The number of aromatic nitrogens is 1. The monoisotopic (exact) mass is 452 g/mol. The summed E-state index contributed by atoms with van der Waals surface area (Å²) in [5, 5.41) is 10.4. The number of carbonyl (C=O) groups excluding carboxylic acids is 1. The first-order valence-corrected chi connectivity index (χ1v) is 10.7. The van der Waals surface area contributed by atoms with Crippen molar-refractivity contribution in [3.63, 3.8) is 0 Å². The lowest BCUT2D eigenvalue weighted by Crippen LogP contribution is -2.58. The number of ether oxygens (including phenoxy) is 3. The number of carbonyl (C=O) groups is 1. The van der Waals surface area contributed by atoms with E-state index in [1.807, 2.05) is 18.2 Å². The van der Waals surface area contributed by atoms with E-state index >= 15 is 0 Å². The Morgan fingerprint density at radius 2 is 2.03 bits per heavy atom. The second kappa shape index (κ2) is 7.23. The maximum absolute atomic E-state index is 13.5. The SMILES string of the molecule is COC(=O)C1C2c3ccccc3OC1(C)N=c1sc(=Cc3cccc(OC)c3O)c(=O)n12. The third-order valence-corrected chi connectivity index (χ3v) is 6.85. The first-order chi connectivity index (χ1) is 15.4. The first-order valence-electron chi connectivity index (χ1n) is 9.92. The molecule has 0 amide bonds. The zero-order chi connectivity index (χ0) is 22.6. The van der Waals surface area contributed by atoms with E-state index in [9.17, 15) is 14.7 Å². The highest BCUT2D eigenvalue weighted by Crippen LogP contribution is 2.47. The van der Waals surface area contributed by atoms with E-state index in [2.05, 4.69) is 4.99 Å². The normalized spacial score (nSPS) is 23.4. The Bertz CT molecular complexity index is 1420. The maximum Gasteiger partial charge on any atom is 0.317 e. The number of rotatable bonds is 3. The Hall–Kier alpha value is -3.59. The lowest BCUT2D eigenvalue weighted by molar-refractivity contribution is -0.158. The van der Waals surface area contributed by atoms with Gasteiger partial charge in [-0.05, 0) is 25.1 Å². The van der Waals surface area contributed by atoms with Crippen LogP contribution in [-0.4, -0.2) is 35.6 Å². The van der Waals surface area contributed by atoms with Crippen LogP contribution in [0.25, 0.3) is 6.08 Å². The van der Waals surface area contributed by atoms with Crippen molar-refractivity contribution in [3.05, 3.63) is 73.3 Å². The summed E-state index contributed by atoms with van der Waals surface area (Å²) in [7, 11) is 2.77. The number of aromatic hydroxyl groups is 1. The molecule has 0 saturated carbocycles. The van der Waals surface area contributed by atoms with Crippen LogP contribution in [-0.2, 0) is 9.53 Å². The Morgan fingerprint density at radius 1 is 1.25 bits per heavy atom. The molecular weight excluding hydrogens is 432 g/mol. The van der Waals surface area contributed by atoms with Gasteiger partial charge in [-0.3, -0.25) is 14.2 Å². The number of hydrogen-bond acceptors (Lipinski definition) is 8. The van der Waals surface area contributed by atoms with Crippen molar-refractivity contribution in [2.75, 3.05) is 14.2 Å². The summed E-state index contributed by atoms with van der Waals surface area (Å²) in [5.74, 6) is -0.518. The van der Waals surface area contributed by atoms with E-state index in [-0.39, 0.29) is 11.3 Å². The van der Waals surface area contributed by atoms with Gasteiger partial charge in [-0.15, -0.1) is 0 Å². The second-order valence-electron chi connectivity index (χ2n) is 7.72. The fourth-order valence-corrected chi connectivity index (χ4v) is 5.48. The fraction of sp³-hybridized carbons (Fsp3) is 0.261. The van der Waals surface area contributed by atoms with Crippen molar-refractivity contribution in [2.24, 2.45) is 10.9 Å². The quantitative estimate of drug-likeness (QED) is 0.606. The van der Waals surface area contributed by atoms with Gasteiger partial charge >= 0.3 is 5.97 Å². The van der Waals surface area contributed by atoms with Gasteiger partial charge in [0.15, 0.2) is 16.3 Å².